The minimum atomic E-state index is -0.598. The summed E-state index contributed by atoms with van der Waals surface area (Å²) in [7, 11) is 0. The van der Waals surface area contributed by atoms with Gasteiger partial charge in [0.1, 0.15) is 5.82 Å². The lowest BCUT2D eigenvalue weighted by atomic mass is 9.91. The second kappa shape index (κ2) is 5.71. The Morgan fingerprint density at radius 3 is 2.61 bits per heavy atom. The number of piperidine rings is 1. The first kappa shape index (κ1) is 14.8. The highest BCUT2D eigenvalue weighted by Crippen LogP contribution is 2.51. The molecule has 2 aromatic rings. The second-order valence-corrected chi connectivity index (χ2v) is 7.42. The SMILES string of the molecule is O=C(N1CCC(c2nccs2)CC1)C1(c2ccccc2F)CC1. The first-order chi connectivity index (χ1) is 11.2. The van der Waals surface area contributed by atoms with Crippen LogP contribution in [0, 0.1) is 5.82 Å². The van der Waals surface area contributed by atoms with Crippen molar-refractivity contribution in [1.29, 1.82) is 0 Å². The molecule has 5 heteroatoms. The Balaban J connectivity index is 1.47. The van der Waals surface area contributed by atoms with Gasteiger partial charge in [-0.05, 0) is 31.7 Å². The lowest BCUT2D eigenvalue weighted by molar-refractivity contribution is -0.135. The number of rotatable bonds is 3. The molecule has 120 valence electrons. The van der Waals surface area contributed by atoms with E-state index in [4.69, 9.17) is 0 Å². The molecule has 1 aromatic carbocycles. The van der Waals surface area contributed by atoms with Crippen LogP contribution >= 0.6 is 11.3 Å². The van der Waals surface area contributed by atoms with Crippen LogP contribution in [0.5, 0.6) is 0 Å². The third-order valence-corrected chi connectivity index (χ3v) is 6.07. The molecular weight excluding hydrogens is 311 g/mol. The Bertz CT molecular complexity index is 704. The van der Waals surface area contributed by atoms with Gasteiger partial charge in [0.15, 0.2) is 0 Å². The van der Waals surface area contributed by atoms with E-state index in [1.807, 2.05) is 22.5 Å². The number of benzene rings is 1. The minimum Gasteiger partial charge on any atom is -0.342 e. The van der Waals surface area contributed by atoms with Gasteiger partial charge in [-0.2, -0.15) is 0 Å². The molecule has 2 heterocycles. The molecule has 0 unspecified atom stereocenters. The molecule has 0 spiro atoms. The fraction of sp³-hybridized carbons (Fsp3) is 0.444. The fourth-order valence-electron chi connectivity index (χ4n) is 3.64. The summed E-state index contributed by atoms with van der Waals surface area (Å²) in [6.45, 7) is 1.50. The van der Waals surface area contributed by atoms with Crippen molar-refractivity contribution in [1.82, 2.24) is 9.88 Å². The van der Waals surface area contributed by atoms with Gasteiger partial charge in [0, 0.05) is 36.1 Å². The number of halogens is 1. The predicted octanol–water partition coefficient (Wildman–Crippen LogP) is 3.72. The molecule has 0 bridgehead atoms. The molecule has 4 rings (SSSR count). The van der Waals surface area contributed by atoms with Crippen molar-refractivity contribution in [3.05, 3.63) is 52.2 Å². The molecule has 1 amide bonds. The largest absolute Gasteiger partial charge is 0.342 e. The maximum atomic E-state index is 14.1. The van der Waals surface area contributed by atoms with Gasteiger partial charge in [-0.3, -0.25) is 4.79 Å². The fourth-order valence-corrected chi connectivity index (χ4v) is 4.45. The van der Waals surface area contributed by atoms with Crippen LogP contribution in [0.2, 0.25) is 0 Å². The highest BCUT2D eigenvalue weighted by Gasteiger charge is 2.54. The molecule has 2 aliphatic rings. The third kappa shape index (κ3) is 2.57. The Labute approximate surface area is 139 Å². The number of amides is 1. The molecule has 23 heavy (non-hydrogen) atoms. The minimum absolute atomic E-state index is 0.111. The number of thiazole rings is 1. The van der Waals surface area contributed by atoms with Gasteiger partial charge in [-0.1, -0.05) is 18.2 Å². The van der Waals surface area contributed by atoms with Crippen LogP contribution < -0.4 is 0 Å². The third-order valence-electron chi connectivity index (χ3n) is 5.13. The normalized spacial score (nSPS) is 20.5. The number of nitrogens with zero attached hydrogens (tertiary/aromatic N) is 2. The summed E-state index contributed by atoms with van der Waals surface area (Å²) < 4.78 is 14.1. The van der Waals surface area contributed by atoms with Crippen LogP contribution in [0.3, 0.4) is 0 Å². The van der Waals surface area contributed by atoms with E-state index in [0.717, 1.165) is 38.8 Å². The van der Waals surface area contributed by atoms with Crippen molar-refractivity contribution >= 4 is 17.2 Å². The maximum absolute atomic E-state index is 14.1. The Kier molecular flexibility index (Phi) is 3.68. The number of hydrogen-bond donors (Lipinski definition) is 0. The van der Waals surface area contributed by atoms with Crippen LogP contribution in [-0.4, -0.2) is 28.9 Å². The monoisotopic (exact) mass is 330 g/mol. The topological polar surface area (TPSA) is 33.2 Å². The van der Waals surface area contributed by atoms with E-state index in [0.29, 0.717) is 11.5 Å². The van der Waals surface area contributed by atoms with Gasteiger partial charge in [-0.25, -0.2) is 9.37 Å². The number of hydrogen-bond acceptors (Lipinski definition) is 3. The molecule has 1 saturated carbocycles. The molecule has 0 N–H and O–H groups in total. The van der Waals surface area contributed by atoms with Crippen LogP contribution in [0.4, 0.5) is 4.39 Å². The zero-order chi connectivity index (χ0) is 15.9. The summed E-state index contributed by atoms with van der Waals surface area (Å²) in [6, 6.07) is 6.72. The first-order valence-electron chi connectivity index (χ1n) is 8.14. The molecule has 0 radical (unpaired) electrons. The molecule has 1 saturated heterocycles. The van der Waals surface area contributed by atoms with Crippen LogP contribution in [0.15, 0.2) is 35.8 Å². The van der Waals surface area contributed by atoms with Crippen molar-refractivity contribution in [2.75, 3.05) is 13.1 Å². The standard InChI is InChI=1S/C18H19FN2OS/c19-15-4-2-1-3-14(15)18(7-8-18)17(22)21-10-5-13(6-11-21)16-20-9-12-23-16/h1-4,9,12-13H,5-8,10-11H2. The van der Waals surface area contributed by atoms with Gasteiger partial charge >= 0.3 is 0 Å². The summed E-state index contributed by atoms with van der Waals surface area (Å²) >= 11 is 1.69. The highest BCUT2D eigenvalue weighted by atomic mass is 32.1. The van der Waals surface area contributed by atoms with Crippen molar-refractivity contribution in [2.24, 2.45) is 0 Å². The summed E-state index contributed by atoms with van der Waals surface area (Å²) in [6.07, 6.45) is 5.27. The van der Waals surface area contributed by atoms with E-state index >= 15 is 0 Å². The molecular formula is C18H19FN2OS. The second-order valence-electron chi connectivity index (χ2n) is 6.50. The van der Waals surface area contributed by atoms with Crippen LogP contribution in [-0.2, 0) is 10.2 Å². The molecule has 2 fully saturated rings. The van der Waals surface area contributed by atoms with E-state index < -0.39 is 5.41 Å². The van der Waals surface area contributed by atoms with Gasteiger partial charge in [0.25, 0.3) is 0 Å². The zero-order valence-corrected chi connectivity index (χ0v) is 13.7. The quantitative estimate of drug-likeness (QED) is 0.859. The maximum Gasteiger partial charge on any atom is 0.233 e. The van der Waals surface area contributed by atoms with Gasteiger partial charge < -0.3 is 4.90 Å². The summed E-state index contributed by atoms with van der Waals surface area (Å²) in [5.74, 6) is 0.318. The molecule has 1 aromatic heterocycles. The van der Waals surface area contributed by atoms with Crippen molar-refractivity contribution in [2.45, 2.75) is 37.0 Å². The van der Waals surface area contributed by atoms with E-state index in [2.05, 4.69) is 4.98 Å². The van der Waals surface area contributed by atoms with Gasteiger partial charge in [0.2, 0.25) is 5.91 Å². The summed E-state index contributed by atoms with van der Waals surface area (Å²) in [4.78, 5) is 19.3. The van der Waals surface area contributed by atoms with Crippen LogP contribution in [0.1, 0.15) is 42.2 Å². The Hall–Kier alpha value is -1.75. The van der Waals surface area contributed by atoms with Crippen molar-refractivity contribution in [3.8, 4) is 0 Å². The summed E-state index contributed by atoms with van der Waals surface area (Å²) in [5, 5.41) is 3.18. The molecule has 0 atom stereocenters. The van der Waals surface area contributed by atoms with Crippen LogP contribution in [0.25, 0.3) is 0 Å². The Morgan fingerprint density at radius 1 is 1.26 bits per heavy atom. The van der Waals surface area contributed by atoms with Crippen molar-refractivity contribution < 1.29 is 9.18 Å². The number of likely N-dealkylation sites (tertiary alicyclic amines) is 1. The van der Waals surface area contributed by atoms with Gasteiger partial charge in [-0.15, -0.1) is 11.3 Å². The number of carbonyl (C=O) groups excluding carboxylic acids is 1. The zero-order valence-electron chi connectivity index (χ0n) is 12.9. The average Bonchev–Trinajstić information content (AvgIpc) is 3.20. The molecule has 3 nitrogen and oxygen atoms in total. The van der Waals surface area contributed by atoms with E-state index in [-0.39, 0.29) is 11.7 Å². The number of aromatic nitrogens is 1. The highest BCUT2D eigenvalue weighted by molar-refractivity contribution is 7.09. The summed E-state index contributed by atoms with van der Waals surface area (Å²) in [5.41, 5.74) is -0.0219. The van der Waals surface area contributed by atoms with E-state index in [1.54, 1.807) is 23.5 Å². The van der Waals surface area contributed by atoms with E-state index in [9.17, 15) is 9.18 Å². The predicted molar refractivity (Wildman–Crippen MR) is 88.0 cm³/mol. The smallest absolute Gasteiger partial charge is 0.233 e. The first-order valence-corrected chi connectivity index (χ1v) is 9.02. The van der Waals surface area contributed by atoms with Gasteiger partial charge in [0.05, 0.1) is 10.4 Å². The lowest BCUT2D eigenvalue weighted by Gasteiger charge is -2.34. The lowest BCUT2D eigenvalue weighted by Crippen LogP contribution is -2.43. The molecule has 1 aliphatic heterocycles. The van der Waals surface area contributed by atoms with Crippen molar-refractivity contribution in [3.63, 3.8) is 0 Å². The molecule has 1 aliphatic carbocycles. The average molecular weight is 330 g/mol. The Morgan fingerprint density at radius 2 is 2.00 bits per heavy atom. The number of carbonyl (C=O) groups is 1. The van der Waals surface area contributed by atoms with E-state index in [1.165, 1.54) is 11.1 Å².